The summed E-state index contributed by atoms with van der Waals surface area (Å²) in [6.45, 7) is 12.3. The Morgan fingerprint density at radius 3 is 2.41 bits per heavy atom. The molecule has 168 valence electrons. The molecule has 0 bridgehead atoms. The van der Waals surface area contributed by atoms with Gasteiger partial charge < -0.3 is 24.8 Å². The van der Waals surface area contributed by atoms with Crippen LogP contribution in [0.15, 0.2) is 4.99 Å². The van der Waals surface area contributed by atoms with Crippen LogP contribution in [-0.2, 0) is 19.0 Å². The van der Waals surface area contributed by atoms with Gasteiger partial charge in [-0.05, 0) is 54.4 Å². The quantitative estimate of drug-likeness (QED) is 0.285. The second-order valence-corrected chi connectivity index (χ2v) is 8.60. The summed E-state index contributed by atoms with van der Waals surface area (Å²) < 4.78 is 16.2. The molecule has 0 aromatic heterocycles. The first kappa shape index (κ1) is 25.0. The number of methoxy groups -OCH3 is 1. The van der Waals surface area contributed by atoms with Crippen molar-refractivity contribution in [2.75, 3.05) is 27.2 Å². The minimum atomic E-state index is -0.765. The molecule has 2 N–H and O–H groups in total. The lowest BCUT2D eigenvalue weighted by Gasteiger charge is -2.35. The van der Waals surface area contributed by atoms with E-state index in [1.807, 2.05) is 41.5 Å². The maximum atomic E-state index is 12.8. The first-order chi connectivity index (χ1) is 13.4. The molecule has 0 aliphatic carbocycles. The van der Waals surface area contributed by atoms with E-state index in [2.05, 4.69) is 20.4 Å². The number of hydrogen-bond acceptors (Lipinski definition) is 6. The van der Waals surface area contributed by atoms with E-state index >= 15 is 0 Å². The number of unbranched alkanes of at least 4 members (excludes halogenated alkanes) is 1. The van der Waals surface area contributed by atoms with Crippen molar-refractivity contribution in [3.05, 3.63) is 0 Å². The van der Waals surface area contributed by atoms with Gasteiger partial charge >= 0.3 is 12.1 Å². The Labute approximate surface area is 174 Å². The maximum absolute atomic E-state index is 12.8. The van der Waals surface area contributed by atoms with Crippen LogP contribution in [0.1, 0.15) is 60.8 Å². The topological polar surface area (TPSA) is 101 Å². The van der Waals surface area contributed by atoms with Crippen molar-refractivity contribution in [3.63, 3.8) is 0 Å². The first-order valence-corrected chi connectivity index (χ1v) is 10.1. The van der Waals surface area contributed by atoms with Crippen molar-refractivity contribution in [3.8, 4) is 0 Å². The molecule has 0 aromatic rings. The number of aliphatic imine (C=N–C) groups is 1. The summed E-state index contributed by atoms with van der Waals surface area (Å²) in [6, 6.07) is -0.210. The summed E-state index contributed by atoms with van der Waals surface area (Å²) in [7, 11) is 3.08. The van der Waals surface area contributed by atoms with Gasteiger partial charge in [0.2, 0.25) is 0 Å². The predicted octanol–water partition coefficient (Wildman–Crippen LogP) is 2.26. The molecule has 0 radical (unpaired) electrons. The van der Waals surface area contributed by atoms with Crippen LogP contribution in [0.4, 0.5) is 4.79 Å². The van der Waals surface area contributed by atoms with E-state index in [-0.39, 0.29) is 18.1 Å². The second-order valence-electron chi connectivity index (χ2n) is 8.60. The number of hydrogen-bond donors (Lipinski definition) is 2. The van der Waals surface area contributed by atoms with Crippen LogP contribution < -0.4 is 10.6 Å². The molecule has 9 nitrogen and oxygen atoms in total. The number of nitrogens with one attached hydrogen (secondary N) is 2. The molecule has 2 atom stereocenters. The van der Waals surface area contributed by atoms with Crippen molar-refractivity contribution in [1.82, 2.24) is 15.5 Å². The lowest BCUT2D eigenvalue weighted by Crippen LogP contribution is -2.54. The van der Waals surface area contributed by atoms with Crippen LogP contribution >= 0.6 is 0 Å². The third-order valence-electron chi connectivity index (χ3n) is 4.55. The Kier molecular flexibility index (Phi) is 9.19. The van der Waals surface area contributed by atoms with Gasteiger partial charge in [-0.2, -0.15) is 0 Å². The van der Waals surface area contributed by atoms with Gasteiger partial charge in [-0.1, -0.05) is 0 Å². The number of amides is 1. The number of nitrogens with zero attached hydrogens (tertiary/aromatic N) is 2. The molecule has 1 fully saturated rings. The van der Waals surface area contributed by atoms with Crippen molar-refractivity contribution in [1.29, 1.82) is 0 Å². The number of esters is 1. The lowest BCUT2D eigenvalue weighted by molar-refractivity contribution is -0.140. The first-order valence-electron chi connectivity index (χ1n) is 10.1. The highest BCUT2D eigenvalue weighted by Crippen LogP contribution is 2.33. The summed E-state index contributed by atoms with van der Waals surface area (Å²) in [5.41, 5.74) is -1.35. The molecule has 1 aliphatic heterocycles. The van der Waals surface area contributed by atoms with Crippen molar-refractivity contribution >= 4 is 18.0 Å². The summed E-state index contributed by atoms with van der Waals surface area (Å²) in [5.74, 6) is 0.427. The Hall–Kier alpha value is -2.03. The molecule has 0 saturated carbocycles. The molecule has 2 unspecified atom stereocenters. The highest BCUT2D eigenvalue weighted by atomic mass is 16.6. The maximum Gasteiger partial charge on any atom is 0.412 e. The lowest BCUT2D eigenvalue weighted by atomic mass is 10.1. The van der Waals surface area contributed by atoms with Crippen molar-refractivity contribution in [2.45, 2.75) is 84.3 Å². The van der Waals surface area contributed by atoms with Gasteiger partial charge in [-0.25, -0.2) is 4.79 Å². The Bertz CT molecular complexity index is 586. The van der Waals surface area contributed by atoms with Gasteiger partial charge in [0.05, 0.1) is 19.3 Å². The molecule has 1 heterocycles. The van der Waals surface area contributed by atoms with E-state index in [1.54, 1.807) is 11.9 Å². The summed E-state index contributed by atoms with van der Waals surface area (Å²) in [6.07, 6.45) is 1.40. The van der Waals surface area contributed by atoms with Crippen molar-refractivity contribution < 1.29 is 23.8 Å². The highest BCUT2D eigenvalue weighted by molar-refractivity contribution is 5.79. The van der Waals surface area contributed by atoms with Crippen LogP contribution in [-0.4, -0.2) is 73.6 Å². The average molecular weight is 415 g/mol. The molecule has 29 heavy (non-hydrogen) atoms. The Balaban J connectivity index is 2.61. The molecular formula is C20H38N4O5. The van der Waals surface area contributed by atoms with E-state index in [0.29, 0.717) is 25.5 Å². The number of carbonyl (C=O) groups is 2. The number of ether oxygens (including phenoxy) is 3. The van der Waals surface area contributed by atoms with Gasteiger partial charge in [-0.15, -0.1) is 0 Å². The monoisotopic (exact) mass is 414 g/mol. The fourth-order valence-electron chi connectivity index (χ4n) is 3.25. The molecule has 9 heteroatoms. The standard InChI is InChI=1S/C20H38N4O5/c1-14-15(24(20(5,6)28-14)18(26)29-19(2,3)4)13-23-17(21-7)22-12-10-9-11-16(25)27-8/h14-15H,9-13H2,1-8H3,(H2,21,22,23). The average Bonchev–Trinajstić information content (AvgIpc) is 2.83. The summed E-state index contributed by atoms with van der Waals surface area (Å²) in [5, 5.41) is 6.47. The number of carbonyl (C=O) groups excluding carboxylic acids is 2. The van der Waals surface area contributed by atoms with Crippen LogP contribution in [0.5, 0.6) is 0 Å². The van der Waals surface area contributed by atoms with E-state index in [0.717, 1.165) is 12.8 Å². The summed E-state index contributed by atoms with van der Waals surface area (Å²) in [4.78, 5) is 29.8. The van der Waals surface area contributed by atoms with Crippen LogP contribution in [0.2, 0.25) is 0 Å². The molecule has 1 aliphatic rings. The molecule has 1 amide bonds. The van der Waals surface area contributed by atoms with E-state index in [9.17, 15) is 9.59 Å². The molecule has 0 spiro atoms. The second kappa shape index (κ2) is 10.7. The minimum absolute atomic E-state index is 0.164. The predicted molar refractivity (Wildman–Crippen MR) is 112 cm³/mol. The molecule has 0 aromatic carbocycles. The van der Waals surface area contributed by atoms with Gasteiger partial charge in [0.25, 0.3) is 0 Å². The largest absolute Gasteiger partial charge is 0.469 e. The molecular weight excluding hydrogens is 376 g/mol. The Morgan fingerprint density at radius 2 is 1.86 bits per heavy atom. The third-order valence-corrected chi connectivity index (χ3v) is 4.55. The zero-order chi connectivity index (χ0) is 22.2. The van der Waals surface area contributed by atoms with Crippen LogP contribution in [0.25, 0.3) is 0 Å². The van der Waals surface area contributed by atoms with Crippen molar-refractivity contribution in [2.24, 2.45) is 4.99 Å². The van der Waals surface area contributed by atoms with Crippen LogP contribution in [0, 0.1) is 0 Å². The molecule has 1 saturated heterocycles. The van der Waals surface area contributed by atoms with Gasteiger partial charge in [0.15, 0.2) is 5.96 Å². The highest BCUT2D eigenvalue weighted by Gasteiger charge is 2.49. The number of guanidine groups is 1. The van der Waals surface area contributed by atoms with E-state index < -0.39 is 17.4 Å². The zero-order valence-electron chi connectivity index (χ0n) is 19.1. The summed E-state index contributed by atoms with van der Waals surface area (Å²) >= 11 is 0. The minimum Gasteiger partial charge on any atom is -0.469 e. The fraction of sp³-hybridized carbons (Fsp3) is 0.850. The smallest absolute Gasteiger partial charge is 0.412 e. The molecule has 1 rings (SSSR count). The number of rotatable bonds is 7. The van der Waals surface area contributed by atoms with Crippen LogP contribution in [0.3, 0.4) is 0 Å². The van der Waals surface area contributed by atoms with Gasteiger partial charge in [-0.3, -0.25) is 14.7 Å². The van der Waals surface area contributed by atoms with Gasteiger partial charge in [0, 0.05) is 26.6 Å². The Morgan fingerprint density at radius 1 is 1.21 bits per heavy atom. The SMILES string of the molecule is CN=C(NCCCCC(=O)OC)NCC1C(C)OC(C)(C)N1C(=O)OC(C)(C)C. The van der Waals surface area contributed by atoms with E-state index in [4.69, 9.17) is 9.47 Å². The zero-order valence-corrected chi connectivity index (χ0v) is 19.1. The van der Waals surface area contributed by atoms with Gasteiger partial charge in [0.1, 0.15) is 11.3 Å². The fourth-order valence-corrected chi connectivity index (χ4v) is 3.25. The van der Waals surface area contributed by atoms with E-state index in [1.165, 1.54) is 7.11 Å². The third kappa shape index (κ3) is 8.08. The normalized spacial score (nSPS) is 21.7.